The number of hydrogen-bond acceptors (Lipinski definition) is 10. The van der Waals surface area contributed by atoms with Gasteiger partial charge in [-0.2, -0.15) is 0 Å². The van der Waals surface area contributed by atoms with Crippen molar-refractivity contribution < 1.29 is 47.3 Å². The fourth-order valence-electron chi connectivity index (χ4n) is 4.62. The monoisotopic (exact) mass is 635 g/mol. The molecule has 2 aromatic rings. The molecule has 12 nitrogen and oxygen atoms in total. The van der Waals surface area contributed by atoms with Crippen molar-refractivity contribution in [2.45, 2.75) is 97.1 Å². The molecule has 2 N–H and O–H groups in total. The fraction of sp³-hybridized carbons (Fsp3) is 0.500. The second-order valence-electron chi connectivity index (χ2n) is 12.3. The molecule has 0 spiro atoms. The van der Waals surface area contributed by atoms with Crippen LogP contribution in [0.3, 0.4) is 0 Å². The number of hydrogen-bond donors (Lipinski definition) is 2. The van der Waals surface area contributed by atoms with E-state index in [9.17, 15) is 30.4 Å². The number of carboxylic acid groups (broad SMARTS) is 1. The quantitative estimate of drug-likeness (QED) is 0.248. The molecule has 1 aliphatic rings. The van der Waals surface area contributed by atoms with Crippen molar-refractivity contribution in [3.05, 3.63) is 66.7 Å². The van der Waals surface area contributed by atoms with Gasteiger partial charge in [0, 0.05) is 82.3 Å². The van der Waals surface area contributed by atoms with Crippen molar-refractivity contribution in [1.29, 1.82) is 0 Å². The normalized spacial score (nSPS) is 17.2. The molecule has 13 heteroatoms. The van der Waals surface area contributed by atoms with Crippen molar-refractivity contribution in [2.75, 3.05) is 0 Å². The molecule has 0 saturated heterocycles. The Kier molecular flexibility index (Phi) is 13.0. The molecule has 234 valence electrons. The van der Waals surface area contributed by atoms with E-state index >= 15 is 0 Å². The topological polar surface area (TPSA) is 192 Å². The van der Waals surface area contributed by atoms with Gasteiger partial charge in [-0.3, -0.25) is 30.2 Å². The molecule has 1 aliphatic carbocycles. The zero-order valence-corrected chi connectivity index (χ0v) is 26.8. The summed E-state index contributed by atoms with van der Waals surface area (Å²) in [6, 6.07) is 4.89. The summed E-state index contributed by atoms with van der Waals surface area (Å²) in [6.07, 6.45) is 6.26. The van der Waals surface area contributed by atoms with Gasteiger partial charge in [-0.25, -0.2) is 0 Å². The summed E-state index contributed by atoms with van der Waals surface area (Å²) in [5.41, 5.74) is 0.188. The summed E-state index contributed by atoms with van der Waals surface area (Å²) in [7, 11) is 0. The number of carbonyl (C=O) groups excluding carboxylic acids is 1. The first-order valence-electron chi connectivity index (χ1n) is 13.6. The van der Waals surface area contributed by atoms with E-state index in [4.69, 9.17) is 9.90 Å². The zero-order chi connectivity index (χ0) is 32.0. The SMILES string of the molecule is CC(=O)[O-].CC(C)(C)c1cc([N+](=O)[O-])cc(C=NC2CCCCC2N=Cc2cc([N+](=O)[O-])cc(C(C)(C)C)c2O)c1O.[Cr]. The van der Waals surface area contributed by atoms with E-state index in [1.54, 1.807) is 0 Å². The van der Waals surface area contributed by atoms with Gasteiger partial charge >= 0.3 is 0 Å². The number of carboxylic acids is 1. The number of rotatable bonds is 6. The Labute approximate surface area is 262 Å². The molecule has 0 radical (unpaired) electrons. The predicted molar refractivity (Wildman–Crippen MR) is 159 cm³/mol. The Bertz CT molecular complexity index is 1290. The van der Waals surface area contributed by atoms with Crippen LogP contribution in [0.15, 0.2) is 34.3 Å². The zero-order valence-electron chi connectivity index (χ0n) is 25.5. The maximum Gasteiger partial charge on any atom is 0.270 e. The van der Waals surface area contributed by atoms with Crippen molar-refractivity contribution >= 4 is 29.8 Å². The number of non-ortho nitro benzene ring substituents is 2. The standard InChI is InChI=1S/C28H36N4O6.C2H4O2.Cr/c1-27(2,3)21-13-19(31(35)36)11-17(25(21)33)15-29-23-9-7-8-10-24(23)30-16-18-12-20(32(37)38)14-22(26(18)34)28(4,5)6;1-2(3)4;/h11-16,23-24,33-34H,7-10H2,1-6H3;1H3,(H,3,4);/p-1. The van der Waals surface area contributed by atoms with E-state index in [0.29, 0.717) is 11.1 Å². The summed E-state index contributed by atoms with van der Waals surface area (Å²) < 4.78 is 0. The number of nitrogens with zero attached hydrogens (tertiary/aromatic N) is 4. The van der Waals surface area contributed by atoms with Crippen LogP contribution in [0.4, 0.5) is 11.4 Å². The number of aromatic hydroxyl groups is 2. The molecule has 3 rings (SSSR count). The smallest absolute Gasteiger partial charge is 0.270 e. The Morgan fingerprint density at radius 1 is 0.791 bits per heavy atom. The molecule has 1 saturated carbocycles. The second kappa shape index (κ2) is 15.1. The van der Waals surface area contributed by atoms with Gasteiger partial charge in [-0.05, 0) is 30.6 Å². The molecule has 2 aromatic carbocycles. The van der Waals surface area contributed by atoms with Crippen LogP contribution in [0.1, 0.15) is 96.4 Å². The van der Waals surface area contributed by atoms with Crippen LogP contribution in [0.25, 0.3) is 0 Å². The van der Waals surface area contributed by atoms with Crippen molar-refractivity contribution in [2.24, 2.45) is 9.98 Å². The molecule has 43 heavy (non-hydrogen) atoms. The number of aliphatic imine (C=N–C) groups is 2. The number of nitro benzene ring substituents is 2. The van der Waals surface area contributed by atoms with E-state index in [1.165, 1.54) is 36.7 Å². The minimum atomic E-state index is -1.08. The molecule has 0 aliphatic heterocycles. The minimum absolute atomic E-state index is 0. The average molecular weight is 636 g/mol. The van der Waals surface area contributed by atoms with E-state index in [1.807, 2.05) is 41.5 Å². The molecular formula is C30H39CrN4O8-. The predicted octanol–water partition coefficient (Wildman–Crippen LogP) is 5.11. The summed E-state index contributed by atoms with van der Waals surface area (Å²) in [5.74, 6) is -1.17. The number of phenols is 2. The third-order valence-electron chi connectivity index (χ3n) is 6.79. The molecule has 0 bridgehead atoms. The molecule has 2 atom stereocenters. The van der Waals surface area contributed by atoms with Crippen molar-refractivity contribution in [1.82, 2.24) is 0 Å². The van der Waals surface area contributed by atoms with Crippen LogP contribution >= 0.6 is 0 Å². The van der Waals surface area contributed by atoms with E-state index in [2.05, 4.69) is 9.98 Å². The third kappa shape index (κ3) is 10.4. The molecule has 2 unspecified atom stereocenters. The Balaban J connectivity index is 0.00000174. The van der Waals surface area contributed by atoms with Crippen LogP contribution in [-0.4, -0.2) is 50.5 Å². The summed E-state index contributed by atoms with van der Waals surface area (Å²) in [6.45, 7) is 12.2. The van der Waals surface area contributed by atoms with Crippen molar-refractivity contribution in [3.8, 4) is 11.5 Å². The Morgan fingerprint density at radius 3 is 1.35 bits per heavy atom. The molecule has 1 fully saturated rings. The third-order valence-corrected chi connectivity index (χ3v) is 6.79. The number of phenolic OH excluding ortho intramolecular Hbond substituents is 2. The first-order chi connectivity index (χ1) is 19.3. The van der Waals surface area contributed by atoms with Crippen LogP contribution in [0.2, 0.25) is 0 Å². The second-order valence-corrected chi connectivity index (χ2v) is 12.3. The van der Waals surface area contributed by atoms with Crippen molar-refractivity contribution in [3.63, 3.8) is 0 Å². The van der Waals surface area contributed by atoms with E-state index in [0.717, 1.165) is 32.6 Å². The Morgan fingerprint density at radius 2 is 1.09 bits per heavy atom. The van der Waals surface area contributed by atoms with Gasteiger partial charge in [0.05, 0.1) is 21.9 Å². The van der Waals surface area contributed by atoms with Gasteiger partial charge in [0.1, 0.15) is 11.5 Å². The van der Waals surface area contributed by atoms with Crippen LogP contribution < -0.4 is 5.11 Å². The van der Waals surface area contributed by atoms with Gasteiger partial charge < -0.3 is 20.1 Å². The maximum absolute atomic E-state index is 11.5. The van der Waals surface area contributed by atoms with Crippen LogP contribution in [0, 0.1) is 20.2 Å². The minimum Gasteiger partial charge on any atom is -0.550 e. The maximum atomic E-state index is 11.5. The molecule has 0 heterocycles. The van der Waals surface area contributed by atoms with Gasteiger partial charge in [0.2, 0.25) is 0 Å². The summed E-state index contributed by atoms with van der Waals surface area (Å²) in [5, 5.41) is 53.6. The first kappa shape index (κ1) is 37.2. The summed E-state index contributed by atoms with van der Waals surface area (Å²) >= 11 is 0. The van der Waals surface area contributed by atoms with Gasteiger partial charge in [0.25, 0.3) is 11.4 Å². The number of benzene rings is 2. The van der Waals surface area contributed by atoms with Gasteiger partial charge in [-0.15, -0.1) is 0 Å². The average Bonchev–Trinajstić information content (AvgIpc) is 2.86. The van der Waals surface area contributed by atoms with E-state index in [-0.39, 0.29) is 63.4 Å². The summed E-state index contributed by atoms with van der Waals surface area (Å²) in [4.78, 5) is 40.2. The van der Waals surface area contributed by atoms with Gasteiger partial charge in [-0.1, -0.05) is 54.4 Å². The Hall–Kier alpha value is -3.82. The van der Waals surface area contributed by atoms with Crippen LogP contribution in [0.5, 0.6) is 11.5 Å². The number of nitro groups is 2. The molecule has 0 aromatic heterocycles. The van der Waals surface area contributed by atoms with Crippen LogP contribution in [-0.2, 0) is 33.0 Å². The number of carbonyl (C=O) groups is 1. The van der Waals surface area contributed by atoms with E-state index < -0.39 is 26.6 Å². The first-order valence-corrected chi connectivity index (χ1v) is 13.6. The molecule has 0 amide bonds. The fourth-order valence-corrected chi connectivity index (χ4v) is 4.62. The van der Waals surface area contributed by atoms with Gasteiger partial charge in [0.15, 0.2) is 0 Å². The number of aliphatic carboxylic acids is 1. The molecular weight excluding hydrogens is 596 g/mol. The largest absolute Gasteiger partial charge is 0.550 e.